The molecule has 0 fully saturated rings. The summed E-state index contributed by atoms with van der Waals surface area (Å²) in [6.45, 7) is 4.51. The maximum Gasteiger partial charge on any atom is 0.323 e. The molecule has 0 aromatic rings. The second-order valence-corrected chi connectivity index (χ2v) is 3.68. The van der Waals surface area contributed by atoms with Crippen LogP contribution >= 0.6 is 0 Å². The van der Waals surface area contributed by atoms with Crippen molar-refractivity contribution in [2.24, 2.45) is 11.7 Å². The van der Waals surface area contributed by atoms with Gasteiger partial charge in [-0.25, -0.2) is 0 Å². The summed E-state index contributed by atoms with van der Waals surface area (Å²) in [5.41, 5.74) is 5.43. The van der Waals surface area contributed by atoms with Crippen LogP contribution in [0.25, 0.3) is 0 Å². The third kappa shape index (κ3) is 6.06. The molecule has 0 radical (unpaired) electrons. The second-order valence-electron chi connectivity index (χ2n) is 3.68. The number of hydrogen-bond acceptors (Lipinski definition) is 3. The molecule has 3 N–H and O–H groups in total. The highest BCUT2D eigenvalue weighted by molar-refractivity contribution is 5.81. The van der Waals surface area contributed by atoms with Gasteiger partial charge in [0, 0.05) is 13.0 Å². The molecule has 88 valence electrons. The average molecular weight is 216 g/mol. The van der Waals surface area contributed by atoms with E-state index in [1.165, 1.54) is 4.90 Å². The Kier molecular flexibility index (Phi) is 6.70. The molecule has 0 aliphatic carbocycles. The Morgan fingerprint density at radius 1 is 1.47 bits per heavy atom. The van der Waals surface area contributed by atoms with Crippen LogP contribution < -0.4 is 5.73 Å². The molecule has 0 saturated carbocycles. The maximum absolute atomic E-state index is 11.6. The zero-order valence-electron chi connectivity index (χ0n) is 9.40. The molecule has 1 amide bonds. The fourth-order valence-electron chi connectivity index (χ4n) is 1.19. The maximum atomic E-state index is 11.6. The summed E-state index contributed by atoms with van der Waals surface area (Å²) >= 11 is 0. The summed E-state index contributed by atoms with van der Waals surface area (Å²) in [7, 11) is 0. The number of amides is 1. The third-order valence-corrected chi connectivity index (χ3v) is 2.31. The third-order valence-electron chi connectivity index (χ3n) is 2.31. The predicted molar refractivity (Wildman–Crippen MR) is 57.3 cm³/mol. The van der Waals surface area contributed by atoms with Crippen LogP contribution in [0.5, 0.6) is 0 Å². The van der Waals surface area contributed by atoms with Crippen molar-refractivity contribution in [3.63, 3.8) is 0 Å². The van der Waals surface area contributed by atoms with Gasteiger partial charge in [-0.1, -0.05) is 6.92 Å². The molecule has 15 heavy (non-hydrogen) atoms. The lowest BCUT2D eigenvalue weighted by Gasteiger charge is -2.19. The topological polar surface area (TPSA) is 83.6 Å². The van der Waals surface area contributed by atoms with Crippen LogP contribution in [0.15, 0.2) is 0 Å². The van der Waals surface area contributed by atoms with Crippen LogP contribution in [0.4, 0.5) is 0 Å². The molecule has 0 bridgehead atoms. The van der Waals surface area contributed by atoms with Crippen LogP contribution in [-0.4, -0.2) is 41.5 Å². The standard InChI is InChI=1S/C10H20N2O3/c1-3-12(7-10(14)15)9(13)5-4-8(2)6-11/h8H,3-7,11H2,1-2H3,(H,14,15). The monoisotopic (exact) mass is 216 g/mol. The Morgan fingerprint density at radius 2 is 2.07 bits per heavy atom. The predicted octanol–water partition coefficient (Wildman–Crippen LogP) is 0.295. The molecule has 5 nitrogen and oxygen atoms in total. The van der Waals surface area contributed by atoms with Crippen molar-refractivity contribution >= 4 is 11.9 Å². The van der Waals surface area contributed by atoms with Gasteiger partial charge >= 0.3 is 5.97 Å². The fraction of sp³-hybridized carbons (Fsp3) is 0.800. The van der Waals surface area contributed by atoms with E-state index in [-0.39, 0.29) is 12.5 Å². The number of aliphatic carboxylic acids is 1. The Labute approximate surface area is 90.2 Å². The van der Waals surface area contributed by atoms with Crippen molar-refractivity contribution in [3.8, 4) is 0 Å². The SMILES string of the molecule is CCN(CC(=O)O)C(=O)CCC(C)CN. The van der Waals surface area contributed by atoms with E-state index in [0.717, 1.165) is 0 Å². The first-order chi connectivity index (χ1) is 7.01. The summed E-state index contributed by atoms with van der Waals surface area (Å²) in [6.07, 6.45) is 1.09. The zero-order chi connectivity index (χ0) is 11.8. The molecular weight excluding hydrogens is 196 g/mol. The van der Waals surface area contributed by atoms with Crippen molar-refractivity contribution in [1.82, 2.24) is 4.90 Å². The largest absolute Gasteiger partial charge is 0.480 e. The molecule has 1 atom stereocenters. The minimum absolute atomic E-state index is 0.111. The number of nitrogens with two attached hydrogens (primary N) is 1. The summed E-state index contributed by atoms with van der Waals surface area (Å²) in [5.74, 6) is -0.783. The summed E-state index contributed by atoms with van der Waals surface area (Å²) in [4.78, 5) is 23.3. The first-order valence-corrected chi connectivity index (χ1v) is 5.20. The number of carboxylic acid groups (broad SMARTS) is 1. The zero-order valence-corrected chi connectivity index (χ0v) is 9.40. The van der Waals surface area contributed by atoms with E-state index in [4.69, 9.17) is 10.8 Å². The van der Waals surface area contributed by atoms with E-state index >= 15 is 0 Å². The summed E-state index contributed by atoms with van der Waals surface area (Å²) < 4.78 is 0. The normalized spacial score (nSPS) is 12.2. The molecule has 0 rings (SSSR count). The van der Waals surface area contributed by atoms with E-state index < -0.39 is 5.97 Å². The first kappa shape index (κ1) is 13.9. The van der Waals surface area contributed by atoms with Crippen LogP contribution in [0.3, 0.4) is 0 Å². The summed E-state index contributed by atoms with van der Waals surface area (Å²) in [6, 6.07) is 0. The average Bonchev–Trinajstić information content (AvgIpc) is 2.21. The summed E-state index contributed by atoms with van der Waals surface area (Å²) in [5, 5.41) is 8.57. The van der Waals surface area contributed by atoms with E-state index in [9.17, 15) is 9.59 Å². The molecule has 0 aliphatic heterocycles. The number of rotatable bonds is 7. The first-order valence-electron chi connectivity index (χ1n) is 5.20. The van der Waals surface area contributed by atoms with Gasteiger partial charge in [0.15, 0.2) is 0 Å². The highest BCUT2D eigenvalue weighted by Crippen LogP contribution is 2.05. The number of likely N-dealkylation sites (N-methyl/N-ethyl adjacent to an activating group) is 1. The van der Waals surface area contributed by atoms with E-state index in [1.54, 1.807) is 6.92 Å². The van der Waals surface area contributed by atoms with Gasteiger partial charge in [-0.3, -0.25) is 9.59 Å². The van der Waals surface area contributed by atoms with Crippen molar-refractivity contribution in [1.29, 1.82) is 0 Å². The molecule has 5 heteroatoms. The van der Waals surface area contributed by atoms with E-state index in [1.807, 2.05) is 6.92 Å². The molecule has 0 saturated heterocycles. The number of carboxylic acids is 1. The minimum atomic E-state index is -0.975. The Morgan fingerprint density at radius 3 is 2.47 bits per heavy atom. The number of carbonyl (C=O) groups excluding carboxylic acids is 1. The van der Waals surface area contributed by atoms with Crippen LogP contribution in [0.2, 0.25) is 0 Å². The van der Waals surface area contributed by atoms with Gasteiger partial charge in [0.05, 0.1) is 0 Å². The molecule has 0 aromatic heterocycles. The van der Waals surface area contributed by atoms with Crippen LogP contribution in [0, 0.1) is 5.92 Å². The Balaban J connectivity index is 3.99. The minimum Gasteiger partial charge on any atom is -0.480 e. The van der Waals surface area contributed by atoms with Crippen molar-refractivity contribution in [2.45, 2.75) is 26.7 Å². The van der Waals surface area contributed by atoms with Gasteiger partial charge in [0.2, 0.25) is 5.91 Å². The highest BCUT2D eigenvalue weighted by Gasteiger charge is 2.15. The molecule has 0 aromatic carbocycles. The lowest BCUT2D eigenvalue weighted by molar-refractivity contribution is -0.144. The number of hydrogen-bond donors (Lipinski definition) is 2. The molecule has 0 aliphatic rings. The van der Waals surface area contributed by atoms with Gasteiger partial charge in [-0.05, 0) is 25.8 Å². The smallest absolute Gasteiger partial charge is 0.323 e. The van der Waals surface area contributed by atoms with E-state index in [2.05, 4.69) is 0 Å². The van der Waals surface area contributed by atoms with Gasteiger partial charge in [0.1, 0.15) is 6.54 Å². The van der Waals surface area contributed by atoms with Crippen LogP contribution in [0.1, 0.15) is 26.7 Å². The fourth-order valence-corrected chi connectivity index (χ4v) is 1.19. The number of carbonyl (C=O) groups is 2. The Bertz CT molecular complexity index is 219. The number of nitrogens with zero attached hydrogens (tertiary/aromatic N) is 1. The molecule has 0 heterocycles. The molecule has 1 unspecified atom stereocenters. The van der Waals surface area contributed by atoms with Gasteiger partial charge in [-0.15, -0.1) is 0 Å². The Hall–Kier alpha value is -1.10. The second kappa shape index (κ2) is 7.23. The lowest BCUT2D eigenvalue weighted by atomic mass is 10.1. The highest BCUT2D eigenvalue weighted by atomic mass is 16.4. The van der Waals surface area contributed by atoms with Crippen molar-refractivity contribution in [3.05, 3.63) is 0 Å². The van der Waals surface area contributed by atoms with Gasteiger partial charge in [-0.2, -0.15) is 0 Å². The quantitative estimate of drug-likeness (QED) is 0.641. The molecular formula is C10H20N2O3. The van der Waals surface area contributed by atoms with E-state index in [0.29, 0.717) is 31.8 Å². The van der Waals surface area contributed by atoms with Gasteiger partial charge in [0.25, 0.3) is 0 Å². The van der Waals surface area contributed by atoms with Crippen LogP contribution in [-0.2, 0) is 9.59 Å². The molecule has 0 spiro atoms. The van der Waals surface area contributed by atoms with Crippen molar-refractivity contribution < 1.29 is 14.7 Å². The lowest BCUT2D eigenvalue weighted by Crippen LogP contribution is -2.35. The van der Waals surface area contributed by atoms with Crippen molar-refractivity contribution in [2.75, 3.05) is 19.6 Å². The van der Waals surface area contributed by atoms with Gasteiger partial charge < -0.3 is 15.7 Å².